The molecule has 0 radical (unpaired) electrons. The first-order chi connectivity index (χ1) is 7.42. The lowest BCUT2D eigenvalue weighted by molar-refractivity contribution is -0.301. The highest BCUT2D eigenvalue weighted by Gasteiger charge is 2.16. The zero-order valence-electron chi connectivity index (χ0n) is 9.94. The number of rotatable bonds is 3. The van der Waals surface area contributed by atoms with Gasteiger partial charge in [0.05, 0.1) is 12.7 Å². The number of carbonyl (C=O) groups is 1. The standard InChI is InChI=1S/C12H16O4/c1-12(2,3)16-15-11(13)9-5-7-10(14-4)8-6-9/h5-8H,1-4H3. The molecule has 0 bridgehead atoms. The summed E-state index contributed by atoms with van der Waals surface area (Å²) in [6.45, 7) is 5.40. The van der Waals surface area contributed by atoms with Gasteiger partial charge in [0.25, 0.3) is 0 Å². The fourth-order valence-corrected chi connectivity index (χ4v) is 0.938. The molecule has 0 N–H and O–H groups in total. The first-order valence-electron chi connectivity index (χ1n) is 4.96. The second kappa shape index (κ2) is 4.99. The molecule has 1 aromatic carbocycles. The Morgan fingerprint density at radius 1 is 1.12 bits per heavy atom. The van der Waals surface area contributed by atoms with E-state index in [9.17, 15) is 4.79 Å². The van der Waals surface area contributed by atoms with Crippen LogP contribution >= 0.6 is 0 Å². The molecule has 16 heavy (non-hydrogen) atoms. The van der Waals surface area contributed by atoms with E-state index >= 15 is 0 Å². The molecule has 0 unspecified atom stereocenters. The molecular formula is C12H16O4. The van der Waals surface area contributed by atoms with E-state index in [2.05, 4.69) is 4.89 Å². The van der Waals surface area contributed by atoms with Gasteiger partial charge in [0.15, 0.2) is 0 Å². The third-order valence-electron chi connectivity index (χ3n) is 1.69. The van der Waals surface area contributed by atoms with E-state index in [0.717, 1.165) is 0 Å². The molecule has 1 aromatic rings. The van der Waals surface area contributed by atoms with Crippen LogP contribution in [-0.2, 0) is 9.78 Å². The SMILES string of the molecule is COc1ccc(C(=O)OOC(C)(C)C)cc1. The van der Waals surface area contributed by atoms with E-state index in [0.29, 0.717) is 11.3 Å². The zero-order valence-corrected chi connectivity index (χ0v) is 9.94. The molecule has 4 heteroatoms. The van der Waals surface area contributed by atoms with Crippen molar-refractivity contribution in [3.63, 3.8) is 0 Å². The monoisotopic (exact) mass is 224 g/mol. The molecule has 0 aliphatic heterocycles. The summed E-state index contributed by atoms with van der Waals surface area (Å²) in [6, 6.07) is 6.61. The Morgan fingerprint density at radius 2 is 1.69 bits per heavy atom. The molecule has 0 spiro atoms. The molecule has 0 saturated heterocycles. The molecule has 0 fully saturated rings. The Labute approximate surface area is 95.1 Å². The summed E-state index contributed by atoms with van der Waals surface area (Å²) in [4.78, 5) is 21.1. The van der Waals surface area contributed by atoms with Crippen molar-refractivity contribution in [1.29, 1.82) is 0 Å². The van der Waals surface area contributed by atoms with Gasteiger partial charge in [-0.05, 0) is 45.0 Å². The molecule has 4 nitrogen and oxygen atoms in total. The lowest BCUT2D eigenvalue weighted by Crippen LogP contribution is -2.21. The van der Waals surface area contributed by atoms with Gasteiger partial charge < -0.3 is 4.74 Å². The number of benzene rings is 1. The molecule has 0 heterocycles. The molecule has 0 aromatic heterocycles. The van der Waals surface area contributed by atoms with Crippen molar-refractivity contribution in [2.45, 2.75) is 26.4 Å². The maximum Gasteiger partial charge on any atom is 0.373 e. The maximum absolute atomic E-state index is 11.5. The largest absolute Gasteiger partial charge is 0.497 e. The minimum absolute atomic E-state index is 0.421. The van der Waals surface area contributed by atoms with Crippen molar-refractivity contribution in [3.05, 3.63) is 29.8 Å². The topological polar surface area (TPSA) is 44.8 Å². The van der Waals surface area contributed by atoms with Crippen LogP contribution in [0.25, 0.3) is 0 Å². The third kappa shape index (κ3) is 3.90. The van der Waals surface area contributed by atoms with Gasteiger partial charge in [0.2, 0.25) is 0 Å². The van der Waals surface area contributed by atoms with Crippen molar-refractivity contribution in [1.82, 2.24) is 0 Å². The highest BCUT2D eigenvalue weighted by molar-refractivity contribution is 5.89. The predicted octanol–water partition coefficient (Wildman–Crippen LogP) is 2.58. The van der Waals surface area contributed by atoms with Crippen LogP contribution in [0.2, 0.25) is 0 Å². The Balaban J connectivity index is 2.59. The van der Waals surface area contributed by atoms with Crippen LogP contribution in [0.5, 0.6) is 5.75 Å². The van der Waals surface area contributed by atoms with E-state index in [1.165, 1.54) is 0 Å². The van der Waals surface area contributed by atoms with Gasteiger partial charge >= 0.3 is 5.97 Å². The van der Waals surface area contributed by atoms with Gasteiger partial charge in [0, 0.05) is 0 Å². The van der Waals surface area contributed by atoms with E-state index in [1.54, 1.807) is 52.1 Å². The van der Waals surface area contributed by atoms with Crippen LogP contribution in [0, 0.1) is 0 Å². The lowest BCUT2D eigenvalue weighted by atomic mass is 10.2. The highest BCUT2D eigenvalue weighted by atomic mass is 17.2. The fraction of sp³-hybridized carbons (Fsp3) is 0.417. The fourth-order valence-electron chi connectivity index (χ4n) is 0.938. The van der Waals surface area contributed by atoms with Gasteiger partial charge in [-0.15, -0.1) is 0 Å². The number of hydrogen-bond donors (Lipinski definition) is 0. The average molecular weight is 224 g/mol. The van der Waals surface area contributed by atoms with E-state index in [4.69, 9.17) is 9.62 Å². The first-order valence-corrected chi connectivity index (χ1v) is 4.96. The van der Waals surface area contributed by atoms with Crippen LogP contribution in [0.15, 0.2) is 24.3 Å². The van der Waals surface area contributed by atoms with Crippen LogP contribution in [-0.4, -0.2) is 18.7 Å². The number of carbonyl (C=O) groups excluding carboxylic acids is 1. The Kier molecular flexibility index (Phi) is 3.90. The second-order valence-electron chi connectivity index (χ2n) is 4.29. The predicted molar refractivity (Wildman–Crippen MR) is 59.2 cm³/mol. The molecule has 0 saturated carbocycles. The summed E-state index contributed by atoms with van der Waals surface area (Å²) >= 11 is 0. The third-order valence-corrected chi connectivity index (χ3v) is 1.69. The maximum atomic E-state index is 11.5. The summed E-state index contributed by atoms with van der Waals surface area (Å²) in [5.74, 6) is 0.172. The lowest BCUT2D eigenvalue weighted by Gasteiger charge is -2.16. The van der Waals surface area contributed by atoms with Gasteiger partial charge in [0.1, 0.15) is 11.4 Å². The molecule has 0 amide bonds. The number of methoxy groups -OCH3 is 1. The smallest absolute Gasteiger partial charge is 0.373 e. The van der Waals surface area contributed by atoms with Crippen molar-refractivity contribution >= 4 is 5.97 Å². The quantitative estimate of drug-likeness (QED) is 0.584. The van der Waals surface area contributed by atoms with Gasteiger partial charge in [-0.1, -0.05) is 0 Å². The molecule has 0 aliphatic rings. The van der Waals surface area contributed by atoms with Crippen LogP contribution in [0.1, 0.15) is 31.1 Å². The van der Waals surface area contributed by atoms with E-state index < -0.39 is 11.6 Å². The number of ether oxygens (including phenoxy) is 1. The summed E-state index contributed by atoms with van der Waals surface area (Å²) in [6.07, 6.45) is 0. The molecule has 88 valence electrons. The molecule has 0 atom stereocenters. The van der Waals surface area contributed by atoms with Crippen molar-refractivity contribution in [3.8, 4) is 5.75 Å². The minimum atomic E-state index is -0.516. The van der Waals surface area contributed by atoms with E-state index in [-0.39, 0.29) is 0 Å². The van der Waals surface area contributed by atoms with Crippen molar-refractivity contribution < 1.29 is 19.3 Å². The minimum Gasteiger partial charge on any atom is -0.497 e. The van der Waals surface area contributed by atoms with Crippen LogP contribution in [0.3, 0.4) is 0 Å². The van der Waals surface area contributed by atoms with Crippen molar-refractivity contribution in [2.24, 2.45) is 0 Å². The van der Waals surface area contributed by atoms with Gasteiger partial charge in [-0.2, -0.15) is 4.89 Å². The Hall–Kier alpha value is -1.55. The van der Waals surface area contributed by atoms with E-state index in [1.807, 2.05) is 0 Å². The van der Waals surface area contributed by atoms with Crippen LogP contribution in [0.4, 0.5) is 0 Å². The Morgan fingerprint density at radius 3 is 2.12 bits per heavy atom. The average Bonchev–Trinajstić information content (AvgIpc) is 2.25. The first kappa shape index (κ1) is 12.5. The highest BCUT2D eigenvalue weighted by Crippen LogP contribution is 2.14. The number of hydrogen-bond acceptors (Lipinski definition) is 4. The Bertz CT molecular complexity index is 348. The summed E-state index contributed by atoms with van der Waals surface area (Å²) in [5, 5.41) is 0. The summed E-state index contributed by atoms with van der Waals surface area (Å²) in [7, 11) is 1.57. The zero-order chi connectivity index (χ0) is 12.2. The van der Waals surface area contributed by atoms with Gasteiger partial charge in [-0.25, -0.2) is 4.79 Å². The summed E-state index contributed by atoms with van der Waals surface area (Å²) in [5.41, 5.74) is -0.0904. The van der Waals surface area contributed by atoms with Gasteiger partial charge in [-0.3, -0.25) is 4.89 Å². The molecule has 0 aliphatic carbocycles. The normalized spacial score (nSPS) is 11.0. The molecular weight excluding hydrogens is 208 g/mol. The molecule has 1 rings (SSSR count). The second-order valence-corrected chi connectivity index (χ2v) is 4.29. The van der Waals surface area contributed by atoms with Crippen LogP contribution < -0.4 is 4.74 Å². The van der Waals surface area contributed by atoms with Crippen molar-refractivity contribution in [2.75, 3.05) is 7.11 Å². The summed E-state index contributed by atoms with van der Waals surface area (Å²) < 4.78 is 4.98.